The number of ether oxygens (including phenoxy) is 3. The van der Waals surface area contributed by atoms with E-state index in [0.717, 1.165) is 54.9 Å². The van der Waals surface area contributed by atoms with Gasteiger partial charge >= 0.3 is 0 Å². The topological polar surface area (TPSA) is 69.0 Å². The second kappa shape index (κ2) is 13.2. The molecule has 0 radical (unpaired) electrons. The summed E-state index contributed by atoms with van der Waals surface area (Å²) >= 11 is 0. The summed E-state index contributed by atoms with van der Waals surface area (Å²) in [5, 5.41) is 15.5. The van der Waals surface area contributed by atoms with Gasteiger partial charge in [0, 0.05) is 13.1 Å². The maximum atomic E-state index is 10.5. The number of aliphatic hydroxyl groups is 1. The summed E-state index contributed by atoms with van der Waals surface area (Å²) in [7, 11) is 3.29. The van der Waals surface area contributed by atoms with Gasteiger partial charge in [-0.2, -0.15) is 5.10 Å². The lowest BCUT2D eigenvalue weighted by Gasteiger charge is -2.25. The normalized spacial score (nSPS) is 12.1. The Labute approximate surface area is 209 Å². The minimum Gasteiger partial charge on any atom is -0.497 e. The Morgan fingerprint density at radius 1 is 0.943 bits per heavy atom. The van der Waals surface area contributed by atoms with E-state index in [1.54, 1.807) is 14.2 Å². The van der Waals surface area contributed by atoms with Crippen molar-refractivity contribution in [3.63, 3.8) is 0 Å². The average Bonchev–Trinajstić information content (AvgIpc) is 3.21. The molecule has 1 unspecified atom stereocenters. The largest absolute Gasteiger partial charge is 0.497 e. The first-order valence-corrected chi connectivity index (χ1v) is 12.5. The van der Waals surface area contributed by atoms with Gasteiger partial charge < -0.3 is 19.3 Å². The molecule has 1 N–H and O–H groups in total. The molecular weight excluding hydrogens is 442 g/mol. The fraction of sp³-hybridized carbons (Fsp3) is 0.464. The highest BCUT2D eigenvalue weighted by Gasteiger charge is 2.24. The van der Waals surface area contributed by atoms with Crippen LogP contribution in [-0.4, -0.2) is 53.2 Å². The van der Waals surface area contributed by atoms with Crippen molar-refractivity contribution in [1.82, 2.24) is 14.7 Å². The monoisotopic (exact) mass is 481 g/mol. The van der Waals surface area contributed by atoms with Gasteiger partial charge in [-0.3, -0.25) is 4.90 Å². The second-order valence-corrected chi connectivity index (χ2v) is 8.62. The van der Waals surface area contributed by atoms with Crippen LogP contribution in [-0.2, 0) is 13.0 Å². The van der Waals surface area contributed by atoms with Crippen LogP contribution in [0, 0.1) is 0 Å². The molecule has 190 valence electrons. The number of para-hydroxylation sites is 2. The van der Waals surface area contributed by atoms with Crippen LogP contribution in [0.3, 0.4) is 0 Å². The smallest absolute Gasteiger partial charge is 0.227 e. The average molecular weight is 482 g/mol. The lowest BCUT2D eigenvalue weighted by atomic mass is 10.1. The Kier molecular flexibility index (Phi) is 9.99. The van der Waals surface area contributed by atoms with Gasteiger partial charge in [0.15, 0.2) is 11.5 Å². The number of hydrogen-bond acceptors (Lipinski definition) is 6. The third kappa shape index (κ3) is 6.77. The van der Waals surface area contributed by atoms with Crippen LogP contribution in [0.1, 0.15) is 51.3 Å². The molecule has 1 atom stereocenters. The first kappa shape index (κ1) is 26.6. The Balaban J connectivity index is 2.08. The zero-order chi connectivity index (χ0) is 25.2. The van der Waals surface area contributed by atoms with Crippen molar-refractivity contribution in [2.75, 3.05) is 27.3 Å². The van der Waals surface area contributed by atoms with Crippen LogP contribution in [0.15, 0.2) is 48.5 Å². The lowest BCUT2D eigenvalue weighted by Crippen LogP contribution is -2.33. The van der Waals surface area contributed by atoms with Crippen molar-refractivity contribution in [3.8, 4) is 28.8 Å². The first-order valence-electron chi connectivity index (χ1n) is 12.5. The van der Waals surface area contributed by atoms with Gasteiger partial charge in [-0.25, -0.2) is 4.68 Å². The number of nitrogens with zero attached hydrogens (tertiary/aromatic N) is 3. The van der Waals surface area contributed by atoms with Gasteiger partial charge in [-0.15, -0.1) is 0 Å². The lowest BCUT2D eigenvalue weighted by molar-refractivity contribution is 0.100. The maximum Gasteiger partial charge on any atom is 0.227 e. The molecule has 7 heteroatoms. The Morgan fingerprint density at radius 2 is 1.66 bits per heavy atom. The highest BCUT2D eigenvalue weighted by Crippen LogP contribution is 2.36. The van der Waals surface area contributed by atoms with Gasteiger partial charge in [0.2, 0.25) is 5.88 Å². The molecule has 1 heterocycles. The van der Waals surface area contributed by atoms with E-state index in [1.165, 1.54) is 0 Å². The van der Waals surface area contributed by atoms with Crippen molar-refractivity contribution in [1.29, 1.82) is 0 Å². The predicted octanol–water partition coefficient (Wildman–Crippen LogP) is 5.62. The minimum absolute atomic E-state index is 0.355. The summed E-state index contributed by atoms with van der Waals surface area (Å²) in [4.78, 5) is 2.30. The predicted molar refractivity (Wildman–Crippen MR) is 139 cm³/mol. The molecule has 0 spiro atoms. The molecule has 0 bridgehead atoms. The van der Waals surface area contributed by atoms with E-state index < -0.39 is 0 Å². The number of methoxy groups -OCH3 is 2. The Morgan fingerprint density at radius 3 is 2.26 bits per heavy atom. The van der Waals surface area contributed by atoms with Gasteiger partial charge in [-0.05, 0) is 62.2 Å². The fourth-order valence-corrected chi connectivity index (χ4v) is 4.23. The molecule has 1 aromatic heterocycles. The van der Waals surface area contributed by atoms with Gasteiger partial charge in [-0.1, -0.05) is 39.3 Å². The van der Waals surface area contributed by atoms with E-state index >= 15 is 0 Å². The molecule has 0 aliphatic rings. The number of rotatable bonds is 14. The van der Waals surface area contributed by atoms with Crippen molar-refractivity contribution in [2.45, 2.75) is 59.1 Å². The number of benzene rings is 2. The van der Waals surface area contributed by atoms with Crippen LogP contribution in [0.4, 0.5) is 0 Å². The number of aliphatic hydroxyl groups excluding tert-OH is 1. The molecule has 3 rings (SSSR count). The molecule has 3 aromatic rings. The fourth-order valence-electron chi connectivity index (χ4n) is 4.23. The van der Waals surface area contributed by atoms with Gasteiger partial charge in [0.25, 0.3) is 0 Å². The van der Waals surface area contributed by atoms with E-state index in [-0.39, 0.29) is 6.10 Å². The molecule has 0 aliphatic carbocycles. The van der Waals surface area contributed by atoms with E-state index in [9.17, 15) is 5.11 Å². The third-order valence-electron chi connectivity index (χ3n) is 5.96. The minimum atomic E-state index is -0.355. The standard InChI is InChI=1S/C28H39N3O4/c1-6-11-22(32)19-30(18-7-2)20-24-25(8-3)29-31(21-14-16-23(33-4)17-15-21)28(24)35-27-13-10-9-12-26(27)34-5/h9-10,12-17,22,32H,6-8,11,18-20H2,1-5H3. The SMILES string of the molecule is CCCC(O)CN(CCC)Cc1c(CC)nn(-c2ccc(OC)cc2)c1Oc1ccccc1OC. The van der Waals surface area contributed by atoms with Gasteiger partial charge in [0.05, 0.1) is 37.3 Å². The zero-order valence-corrected chi connectivity index (χ0v) is 21.7. The molecular formula is C28H39N3O4. The molecule has 35 heavy (non-hydrogen) atoms. The van der Waals surface area contributed by atoms with Crippen molar-refractivity contribution < 1.29 is 19.3 Å². The van der Waals surface area contributed by atoms with E-state index in [4.69, 9.17) is 19.3 Å². The summed E-state index contributed by atoms with van der Waals surface area (Å²) in [6.07, 6.45) is 3.15. The van der Waals surface area contributed by atoms with Crippen molar-refractivity contribution in [3.05, 3.63) is 59.8 Å². The van der Waals surface area contributed by atoms with E-state index in [0.29, 0.717) is 30.5 Å². The van der Waals surface area contributed by atoms with Crippen LogP contribution < -0.4 is 14.2 Å². The molecule has 0 amide bonds. The first-order chi connectivity index (χ1) is 17.0. The van der Waals surface area contributed by atoms with Gasteiger partial charge in [0.1, 0.15) is 5.75 Å². The quantitative estimate of drug-likeness (QED) is 0.322. The molecule has 7 nitrogen and oxygen atoms in total. The second-order valence-electron chi connectivity index (χ2n) is 8.62. The summed E-state index contributed by atoms with van der Waals surface area (Å²) in [5.74, 6) is 2.72. The van der Waals surface area contributed by atoms with E-state index in [2.05, 4.69) is 25.7 Å². The molecule has 2 aromatic carbocycles. The van der Waals surface area contributed by atoms with Crippen molar-refractivity contribution in [2.24, 2.45) is 0 Å². The highest BCUT2D eigenvalue weighted by atomic mass is 16.5. The highest BCUT2D eigenvalue weighted by molar-refractivity contribution is 5.48. The summed E-state index contributed by atoms with van der Waals surface area (Å²) < 4.78 is 19.3. The van der Waals surface area contributed by atoms with Crippen LogP contribution in [0.2, 0.25) is 0 Å². The number of hydrogen-bond donors (Lipinski definition) is 1. The third-order valence-corrected chi connectivity index (χ3v) is 5.96. The van der Waals surface area contributed by atoms with Crippen LogP contribution in [0.25, 0.3) is 5.69 Å². The van der Waals surface area contributed by atoms with E-state index in [1.807, 2.05) is 53.2 Å². The summed E-state index contributed by atoms with van der Waals surface area (Å²) in [6, 6.07) is 15.4. The Bertz CT molecular complexity index is 1050. The molecule has 0 aliphatic heterocycles. The number of aromatic nitrogens is 2. The molecule has 0 fully saturated rings. The summed E-state index contributed by atoms with van der Waals surface area (Å²) in [6.45, 7) is 8.50. The van der Waals surface area contributed by atoms with Crippen LogP contribution >= 0.6 is 0 Å². The molecule has 0 saturated heterocycles. The maximum absolute atomic E-state index is 10.5. The van der Waals surface area contributed by atoms with Crippen molar-refractivity contribution >= 4 is 0 Å². The zero-order valence-electron chi connectivity index (χ0n) is 21.7. The Hall–Kier alpha value is -3.03. The number of aryl methyl sites for hydroxylation is 1. The summed E-state index contributed by atoms with van der Waals surface area (Å²) in [5.41, 5.74) is 2.87. The molecule has 0 saturated carbocycles. The van der Waals surface area contributed by atoms with Crippen LogP contribution in [0.5, 0.6) is 23.1 Å².